The Balaban J connectivity index is 1.32. The molecule has 4 N–H and O–H groups in total. The number of aliphatic carboxylic acids is 1. The van der Waals surface area contributed by atoms with Crippen LogP contribution in [0.3, 0.4) is 0 Å². The SMILES string of the molecule is C[n+]1ccccc1CN1CC/C(=C\C2=C(C(=O)[O-])N3C(=O)[C@@H](NC(=O)/C(=N\O)c4csc(N)n4)[C@H]3SC2)C1=O. The summed E-state index contributed by atoms with van der Waals surface area (Å²) in [5.41, 5.74) is 6.55. The molecular weight excluding hydrogens is 546 g/mol. The number of carboxylic acids is 1. The molecule has 2 aromatic heterocycles. The van der Waals surface area contributed by atoms with Crippen LogP contribution in [-0.4, -0.2) is 73.1 Å². The number of carbonyl (C=O) groups excluding carboxylic acids is 4. The van der Waals surface area contributed by atoms with Crippen molar-refractivity contribution in [2.75, 3.05) is 18.0 Å². The molecule has 2 aromatic rings. The summed E-state index contributed by atoms with van der Waals surface area (Å²) in [6.45, 7) is 0.898. The van der Waals surface area contributed by atoms with E-state index < -0.39 is 34.9 Å². The van der Waals surface area contributed by atoms with Gasteiger partial charge in [-0.2, -0.15) is 0 Å². The van der Waals surface area contributed by atoms with Gasteiger partial charge in [0.05, 0.1) is 11.7 Å². The van der Waals surface area contributed by atoms with E-state index in [1.165, 1.54) is 23.2 Å². The van der Waals surface area contributed by atoms with E-state index in [1.54, 1.807) is 4.90 Å². The molecule has 0 saturated carbocycles. The number of aryl methyl sites for hydroxylation is 1. The number of hydrogen-bond donors (Lipinski definition) is 3. The topological polar surface area (TPSA) is 185 Å². The lowest BCUT2D eigenvalue weighted by Crippen LogP contribution is -2.71. The molecule has 15 heteroatoms. The number of thiazole rings is 1. The van der Waals surface area contributed by atoms with Crippen molar-refractivity contribution in [1.82, 2.24) is 20.1 Å². The van der Waals surface area contributed by atoms with Crippen molar-refractivity contribution in [3.8, 4) is 0 Å². The zero-order chi connectivity index (χ0) is 27.8. The number of carboxylic acid groups (broad SMARTS) is 1. The minimum absolute atomic E-state index is 0.0398. The van der Waals surface area contributed by atoms with Crippen LogP contribution in [0, 0.1) is 0 Å². The molecule has 3 aliphatic rings. The molecule has 39 heavy (non-hydrogen) atoms. The van der Waals surface area contributed by atoms with Gasteiger partial charge in [-0.25, -0.2) is 9.55 Å². The van der Waals surface area contributed by atoms with Crippen molar-refractivity contribution in [2.45, 2.75) is 24.4 Å². The third kappa shape index (κ3) is 4.85. The van der Waals surface area contributed by atoms with Crippen LogP contribution in [0.25, 0.3) is 0 Å². The molecule has 5 heterocycles. The van der Waals surface area contributed by atoms with Crippen molar-refractivity contribution < 1.29 is 34.1 Å². The number of aromatic nitrogens is 2. The Morgan fingerprint density at radius 3 is 2.85 bits per heavy atom. The number of likely N-dealkylation sites (tertiary alicyclic amines) is 1. The van der Waals surface area contributed by atoms with Crippen molar-refractivity contribution in [3.05, 3.63) is 64.1 Å². The van der Waals surface area contributed by atoms with Crippen LogP contribution in [0.5, 0.6) is 0 Å². The maximum absolute atomic E-state index is 13.1. The molecule has 2 saturated heterocycles. The Morgan fingerprint density at radius 1 is 1.38 bits per heavy atom. The van der Waals surface area contributed by atoms with Crippen LogP contribution in [0.1, 0.15) is 17.8 Å². The predicted octanol–water partition coefficient (Wildman–Crippen LogP) is -1.51. The highest BCUT2D eigenvalue weighted by Gasteiger charge is 2.53. The van der Waals surface area contributed by atoms with Crippen molar-refractivity contribution in [2.24, 2.45) is 12.2 Å². The fourth-order valence-electron chi connectivity index (χ4n) is 4.64. The van der Waals surface area contributed by atoms with Gasteiger partial charge in [0.15, 0.2) is 17.0 Å². The lowest BCUT2D eigenvalue weighted by atomic mass is 10.0. The Morgan fingerprint density at radius 2 is 2.18 bits per heavy atom. The number of fused-ring (bicyclic) bond motifs is 1. The number of carbonyl (C=O) groups is 4. The van der Waals surface area contributed by atoms with E-state index in [1.807, 2.05) is 36.0 Å². The fourth-order valence-corrected chi connectivity index (χ4v) is 6.50. The lowest BCUT2D eigenvalue weighted by Gasteiger charge is -2.50. The smallest absolute Gasteiger partial charge is 0.276 e. The number of thioether (sulfide) groups is 1. The zero-order valence-corrected chi connectivity index (χ0v) is 22.2. The minimum Gasteiger partial charge on any atom is -0.543 e. The van der Waals surface area contributed by atoms with E-state index in [0.29, 0.717) is 30.7 Å². The molecule has 0 aliphatic carbocycles. The number of nitrogens with zero attached hydrogens (tertiary/aromatic N) is 5. The summed E-state index contributed by atoms with van der Waals surface area (Å²) < 4.78 is 1.93. The van der Waals surface area contributed by atoms with Crippen LogP contribution < -0.4 is 20.7 Å². The molecule has 0 unspecified atom stereocenters. The van der Waals surface area contributed by atoms with Crippen LogP contribution in [0.4, 0.5) is 5.13 Å². The van der Waals surface area contributed by atoms with Crippen LogP contribution >= 0.6 is 23.1 Å². The lowest BCUT2D eigenvalue weighted by molar-refractivity contribution is -0.680. The predicted molar refractivity (Wildman–Crippen MR) is 138 cm³/mol. The largest absolute Gasteiger partial charge is 0.543 e. The quantitative estimate of drug-likeness (QED) is 0.0890. The maximum atomic E-state index is 13.1. The molecule has 0 aromatic carbocycles. The Bertz CT molecular complexity index is 1480. The second-order valence-electron chi connectivity index (χ2n) is 8.99. The molecule has 0 spiro atoms. The average Bonchev–Trinajstić information content (AvgIpc) is 3.49. The van der Waals surface area contributed by atoms with Gasteiger partial charge in [0.1, 0.15) is 30.7 Å². The van der Waals surface area contributed by atoms with Gasteiger partial charge in [-0.05, 0) is 18.1 Å². The number of nitrogens with two attached hydrogens (primary N) is 1. The summed E-state index contributed by atoms with van der Waals surface area (Å²) in [6, 6.07) is 4.65. The standard InChI is InChI=1S/C24H23N7O6S2/c1-29-6-3-2-4-14(29)9-30-7-5-12(20(30)33)8-13-10-38-22-17(21(34)31(22)18(13)23(35)36)27-19(32)16(28-37)15-11-39-24(25)26-15/h2-4,6,8,11,17,22H,5,7,9-10H2,1H3,(H4-,25,26,27,32,35,36,37)/b12-8+/t17-,22-/m1/s1. The second kappa shape index (κ2) is 10.5. The summed E-state index contributed by atoms with van der Waals surface area (Å²) in [7, 11) is 1.89. The number of nitrogens with one attached hydrogen (secondary N) is 1. The summed E-state index contributed by atoms with van der Waals surface area (Å²) in [5.74, 6) is -3.11. The summed E-state index contributed by atoms with van der Waals surface area (Å²) in [4.78, 5) is 57.5. The third-order valence-electron chi connectivity index (χ3n) is 6.63. The minimum atomic E-state index is -1.56. The number of oxime groups is 1. The highest BCUT2D eigenvalue weighted by molar-refractivity contribution is 8.00. The number of rotatable bonds is 7. The first-order valence-electron chi connectivity index (χ1n) is 11.8. The number of anilines is 1. The number of allylic oxidation sites excluding steroid dienone is 1. The van der Waals surface area contributed by atoms with Crippen molar-refractivity contribution >= 4 is 57.6 Å². The summed E-state index contributed by atoms with van der Waals surface area (Å²) >= 11 is 2.28. The van der Waals surface area contributed by atoms with Gasteiger partial charge in [-0.1, -0.05) is 11.2 Å². The highest BCUT2D eigenvalue weighted by atomic mass is 32.2. The molecule has 202 valence electrons. The molecular formula is C24H23N7O6S2. The monoisotopic (exact) mass is 569 g/mol. The van der Waals surface area contributed by atoms with Gasteiger partial charge in [-0.3, -0.25) is 19.3 Å². The van der Waals surface area contributed by atoms with Gasteiger partial charge >= 0.3 is 0 Å². The van der Waals surface area contributed by atoms with Gasteiger partial charge in [0.2, 0.25) is 11.6 Å². The summed E-state index contributed by atoms with van der Waals surface area (Å²) in [6.07, 6.45) is 3.86. The van der Waals surface area contributed by atoms with Crippen LogP contribution in [0.15, 0.2) is 57.9 Å². The molecule has 2 atom stereocenters. The Labute approximate surface area is 230 Å². The molecule has 13 nitrogen and oxygen atoms in total. The number of nitrogen functional groups attached to an aromatic ring is 1. The molecule has 0 radical (unpaired) electrons. The van der Waals surface area contributed by atoms with Gasteiger partial charge < -0.3 is 31.1 Å². The van der Waals surface area contributed by atoms with E-state index in [-0.39, 0.29) is 28.2 Å². The number of β-lactam (4-membered cyclic amide) rings is 1. The molecule has 5 rings (SSSR count). The first-order valence-corrected chi connectivity index (χ1v) is 13.7. The number of pyridine rings is 1. The second-order valence-corrected chi connectivity index (χ2v) is 11.0. The Hall–Kier alpha value is -4.24. The highest BCUT2D eigenvalue weighted by Crippen LogP contribution is 2.41. The maximum Gasteiger partial charge on any atom is 0.276 e. The zero-order valence-electron chi connectivity index (χ0n) is 20.6. The molecule has 3 amide bonds. The van der Waals surface area contributed by atoms with E-state index in [4.69, 9.17) is 5.73 Å². The van der Waals surface area contributed by atoms with E-state index in [0.717, 1.165) is 21.9 Å². The van der Waals surface area contributed by atoms with Crippen LogP contribution in [-0.2, 0) is 32.8 Å². The Kier molecular flexibility index (Phi) is 7.10. The van der Waals surface area contributed by atoms with E-state index in [9.17, 15) is 29.5 Å². The van der Waals surface area contributed by atoms with Crippen LogP contribution in [0.2, 0.25) is 0 Å². The molecule has 0 bridgehead atoms. The number of hydrogen-bond acceptors (Lipinski definition) is 11. The van der Waals surface area contributed by atoms with Gasteiger partial charge in [0.25, 0.3) is 11.8 Å². The van der Waals surface area contributed by atoms with Gasteiger partial charge in [0, 0.05) is 35.4 Å². The summed E-state index contributed by atoms with van der Waals surface area (Å²) in [5, 5.41) is 27.7. The van der Waals surface area contributed by atoms with E-state index in [2.05, 4.69) is 15.5 Å². The van der Waals surface area contributed by atoms with Crippen molar-refractivity contribution in [1.29, 1.82) is 0 Å². The first kappa shape index (κ1) is 26.4. The molecule has 2 fully saturated rings. The first-order chi connectivity index (χ1) is 18.7. The normalized spacial score (nSPS) is 22.3. The fraction of sp³-hybridized carbons (Fsp3) is 0.292. The van der Waals surface area contributed by atoms with Crippen molar-refractivity contribution in [3.63, 3.8) is 0 Å². The van der Waals surface area contributed by atoms with Gasteiger partial charge in [-0.15, -0.1) is 23.1 Å². The molecule has 3 aliphatic heterocycles. The number of amides is 3. The van der Waals surface area contributed by atoms with E-state index >= 15 is 0 Å². The third-order valence-corrected chi connectivity index (χ3v) is 8.61. The average molecular weight is 570 g/mol.